The maximum absolute atomic E-state index is 14.4. The van der Waals surface area contributed by atoms with Crippen molar-refractivity contribution in [1.29, 1.82) is 0 Å². The first-order valence-corrected chi connectivity index (χ1v) is 7.00. The van der Waals surface area contributed by atoms with Crippen LogP contribution in [0.2, 0.25) is 5.02 Å². The molecule has 20 heavy (non-hydrogen) atoms. The number of nitrogens with one attached hydrogen (secondary N) is 1. The average Bonchev–Trinajstić information content (AvgIpc) is 2.80. The summed E-state index contributed by atoms with van der Waals surface area (Å²) in [6.45, 7) is 4.38. The molecule has 1 saturated heterocycles. The Kier molecular flexibility index (Phi) is 4.50. The molecule has 2 atom stereocenters. The van der Waals surface area contributed by atoms with Gasteiger partial charge in [-0.05, 0) is 19.9 Å². The fraction of sp³-hybridized carbons (Fsp3) is 0.500. The molecule has 0 saturated carbocycles. The molecule has 6 heteroatoms. The molecule has 2 rings (SSSR count). The fourth-order valence-electron chi connectivity index (χ4n) is 2.47. The van der Waals surface area contributed by atoms with Crippen LogP contribution in [0.15, 0.2) is 6.07 Å². The topological polar surface area (TPSA) is 64.3 Å². The van der Waals surface area contributed by atoms with E-state index < -0.39 is 5.82 Å². The number of benzene rings is 1. The van der Waals surface area contributed by atoms with E-state index in [1.807, 2.05) is 6.92 Å². The number of rotatable bonds is 4. The van der Waals surface area contributed by atoms with Crippen LogP contribution in [0.1, 0.15) is 43.4 Å². The maximum Gasteiger partial charge on any atom is 0.220 e. The highest BCUT2D eigenvalue weighted by molar-refractivity contribution is 6.31. The molecule has 4 nitrogen and oxygen atoms in total. The minimum Gasteiger partial charge on any atom is -0.493 e. The van der Waals surface area contributed by atoms with Gasteiger partial charge in [-0.1, -0.05) is 11.6 Å². The van der Waals surface area contributed by atoms with Crippen molar-refractivity contribution in [3.8, 4) is 5.75 Å². The number of amides is 1. The molecule has 0 spiro atoms. The average molecular weight is 301 g/mol. The largest absolute Gasteiger partial charge is 0.493 e. The Bertz CT molecular complexity index is 534. The summed E-state index contributed by atoms with van der Waals surface area (Å²) >= 11 is 5.96. The van der Waals surface area contributed by atoms with Crippen LogP contribution in [0.4, 0.5) is 4.39 Å². The molecule has 1 fully saturated rings. The Morgan fingerprint density at radius 3 is 2.85 bits per heavy atom. The van der Waals surface area contributed by atoms with Gasteiger partial charge in [0.05, 0.1) is 11.6 Å². The summed E-state index contributed by atoms with van der Waals surface area (Å²) in [6, 6.07) is 1.17. The number of hydrogen-bond donors (Lipinski definition) is 2. The van der Waals surface area contributed by atoms with Crippen LogP contribution in [0.5, 0.6) is 5.75 Å². The quantitative estimate of drug-likeness (QED) is 0.898. The van der Waals surface area contributed by atoms with Crippen molar-refractivity contribution in [1.82, 2.24) is 5.32 Å². The van der Waals surface area contributed by atoms with E-state index in [4.69, 9.17) is 22.1 Å². The molecule has 0 radical (unpaired) electrons. The SMILES string of the molecule is CCOc1c(C(C)N)cc(Cl)c(F)c1[C@H]1CNC(=O)C1. The highest BCUT2D eigenvalue weighted by Crippen LogP contribution is 2.41. The molecule has 0 aliphatic carbocycles. The normalized spacial score (nSPS) is 19.9. The second-order valence-corrected chi connectivity index (χ2v) is 5.34. The Morgan fingerprint density at radius 2 is 2.35 bits per heavy atom. The standard InChI is InChI=1S/C14H18ClFN2O2/c1-3-20-14-9(7(2)17)5-10(15)13(16)12(14)8-4-11(19)18-6-8/h5,7-8H,3-4,6,17H2,1-2H3,(H,18,19)/t7?,8-/m1/s1. The molecule has 1 aliphatic rings. The lowest BCUT2D eigenvalue weighted by Crippen LogP contribution is -2.16. The van der Waals surface area contributed by atoms with E-state index in [0.717, 1.165) is 0 Å². The van der Waals surface area contributed by atoms with Gasteiger partial charge in [-0.15, -0.1) is 0 Å². The molecule has 1 aromatic rings. The summed E-state index contributed by atoms with van der Waals surface area (Å²) < 4.78 is 20.0. The van der Waals surface area contributed by atoms with Crippen LogP contribution >= 0.6 is 11.6 Å². The Hall–Kier alpha value is -1.33. The third-order valence-corrected chi connectivity index (χ3v) is 3.68. The molecule has 1 aromatic carbocycles. The van der Waals surface area contributed by atoms with Crippen molar-refractivity contribution in [3.63, 3.8) is 0 Å². The van der Waals surface area contributed by atoms with Gasteiger partial charge < -0.3 is 15.8 Å². The minimum atomic E-state index is -0.527. The third-order valence-electron chi connectivity index (χ3n) is 3.40. The zero-order valence-corrected chi connectivity index (χ0v) is 12.3. The lowest BCUT2D eigenvalue weighted by Gasteiger charge is -2.21. The summed E-state index contributed by atoms with van der Waals surface area (Å²) in [5, 5.41) is 2.71. The van der Waals surface area contributed by atoms with Crippen LogP contribution in [-0.4, -0.2) is 19.1 Å². The molecule has 1 heterocycles. The van der Waals surface area contributed by atoms with E-state index in [-0.39, 0.29) is 29.3 Å². The van der Waals surface area contributed by atoms with Crippen molar-refractivity contribution in [2.24, 2.45) is 5.73 Å². The van der Waals surface area contributed by atoms with Crippen LogP contribution in [-0.2, 0) is 4.79 Å². The minimum absolute atomic E-state index is 0.00935. The van der Waals surface area contributed by atoms with Gasteiger partial charge >= 0.3 is 0 Å². The van der Waals surface area contributed by atoms with Crippen molar-refractivity contribution in [2.75, 3.05) is 13.2 Å². The molecule has 0 aromatic heterocycles. The van der Waals surface area contributed by atoms with Crippen molar-refractivity contribution in [2.45, 2.75) is 32.2 Å². The zero-order valence-electron chi connectivity index (χ0n) is 11.5. The van der Waals surface area contributed by atoms with Crippen LogP contribution in [0, 0.1) is 5.82 Å². The number of hydrogen-bond acceptors (Lipinski definition) is 3. The molecule has 0 bridgehead atoms. The molecule has 3 N–H and O–H groups in total. The maximum atomic E-state index is 14.4. The van der Waals surface area contributed by atoms with E-state index in [9.17, 15) is 9.18 Å². The highest BCUT2D eigenvalue weighted by Gasteiger charge is 2.31. The summed E-state index contributed by atoms with van der Waals surface area (Å²) in [4.78, 5) is 11.4. The summed E-state index contributed by atoms with van der Waals surface area (Å²) in [5.74, 6) is -0.480. The second-order valence-electron chi connectivity index (χ2n) is 4.93. The predicted molar refractivity (Wildman–Crippen MR) is 75.5 cm³/mol. The van der Waals surface area contributed by atoms with Gasteiger partial charge in [0.15, 0.2) is 0 Å². The first kappa shape index (κ1) is 15.1. The van der Waals surface area contributed by atoms with E-state index in [1.54, 1.807) is 6.92 Å². The Morgan fingerprint density at radius 1 is 1.65 bits per heavy atom. The molecular weight excluding hydrogens is 283 g/mol. The van der Waals surface area contributed by atoms with Gasteiger partial charge in [0.25, 0.3) is 0 Å². The molecule has 1 amide bonds. The predicted octanol–water partition coefficient (Wildman–Crippen LogP) is 2.50. The van der Waals surface area contributed by atoms with E-state index in [2.05, 4.69) is 5.32 Å². The van der Waals surface area contributed by atoms with Gasteiger partial charge in [0.1, 0.15) is 11.6 Å². The van der Waals surface area contributed by atoms with Gasteiger partial charge in [-0.3, -0.25) is 4.79 Å². The second kappa shape index (κ2) is 5.97. The van der Waals surface area contributed by atoms with Crippen molar-refractivity contribution < 1.29 is 13.9 Å². The number of ether oxygens (including phenoxy) is 1. The van der Waals surface area contributed by atoms with Crippen LogP contribution in [0.3, 0.4) is 0 Å². The van der Waals surface area contributed by atoms with E-state index in [0.29, 0.717) is 30.0 Å². The number of carbonyl (C=O) groups is 1. The van der Waals surface area contributed by atoms with Crippen LogP contribution < -0.4 is 15.8 Å². The van der Waals surface area contributed by atoms with Crippen LogP contribution in [0.25, 0.3) is 0 Å². The third kappa shape index (κ3) is 2.74. The first-order chi connectivity index (χ1) is 9.45. The van der Waals surface area contributed by atoms with Gasteiger partial charge in [0, 0.05) is 36.1 Å². The molecule has 1 unspecified atom stereocenters. The zero-order chi connectivity index (χ0) is 14.9. The monoisotopic (exact) mass is 300 g/mol. The van der Waals surface area contributed by atoms with Gasteiger partial charge in [-0.2, -0.15) is 0 Å². The summed E-state index contributed by atoms with van der Waals surface area (Å²) in [5.41, 5.74) is 6.93. The first-order valence-electron chi connectivity index (χ1n) is 6.62. The van der Waals surface area contributed by atoms with Crippen molar-refractivity contribution in [3.05, 3.63) is 28.0 Å². The Labute approximate surface area is 122 Å². The number of carbonyl (C=O) groups excluding carboxylic acids is 1. The number of halogens is 2. The van der Waals surface area contributed by atoms with E-state index >= 15 is 0 Å². The number of nitrogens with two attached hydrogens (primary N) is 1. The summed E-state index contributed by atoms with van der Waals surface area (Å²) in [7, 11) is 0. The lowest BCUT2D eigenvalue weighted by molar-refractivity contribution is -0.119. The Balaban J connectivity index is 2.59. The molecular formula is C14H18ClFN2O2. The molecule has 1 aliphatic heterocycles. The molecule has 110 valence electrons. The van der Waals surface area contributed by atoms with E-state index in [1.165, 1.54) is 6.07 Å². The van der Waals surface area contributed by atoms with Crippen molar-refractivity contribution >= 4 is 17.5 Å². The summed E-state index contributed by atoms with van der Waals surface area (Å²) in [6.07, 6.45) is 0.232. The van der Waals surface area contributed by atoms with Gasteiger partial charge in [0.2, 0.25) is 5.91 Å². The fourth-order valence-corrected chi connectivity index (χ4v) is 2.69. The lowest BCUT2D eigenvalue weighted by atomic mass is 9.92. The highest BCUT2D eigenvalue weighted by atomic mass is 35.5. The smallest absolute Gasteiger partial charge is 0.220 e. The van der Waals surface area contributed by atoms with Gasteiger partial charge in [-0.25, -0.2) is 4.39 Å².